The summed E-state index contributed by atoms with van der Waals surface area (Å²) < 4.78 is 2.33. The van der Waals surface area contributed by atoms with Crippen LogP contribution in [-0.2, 0) is 0 Å². The van der Waals surface area contributed by atoms with Crippen LogP contribution >= 0.6 is 11.3 Å². The van der Waals surface area contributed by atoms with Crippen molar-refractivity contribution in [2.24, 2.45) is 0 Å². The van der Waals surface area contributed by atoms with Crippen LogP contribution in [0.5, 0.6) is 0 Å². The van der Waals surface area contributed by atoms with Crippen LogP contribution in [0.3, 0.4) is 0 Å². The standard InChI is InChI=1S/C20H24N4S/c1-3-23(4-2)20-22-18(14-25-20)17-13-24(15-9-6-5-7-10-15)19-16(17)11-8-12-21-19/h6,8-9,11-15H,3-5,7,10H2,1-2H3. The van der Waals surface area contributed by atoms with Crippen LogP contribution in [-0.4, -0.2) is 27.6 Å². The highest BCUT2D eigenvalue weighted by Crippen LogP contribution is 2.36. The molecule has 0 aromatic carbocycles. The smallest absolute Gasteiger partial charge is 0.185 e. The molecule has 0 aliphatic heterocycles. The van der Waals surface area contributed by atoms with Crippen LogP contribution in [0.25, 0.3) is 22.3 Å². The minimum absolute atomic E-state index is 0.404. The molecule has 3 aromatic heterocycles. The number of anilines is 1. The zero-order chi connectivity index (χ0) is 17.2. The molecule has 3 heterocycles. The van der Waals surface area contributed by atoms with Crippen molar-refractivity contribution in [3.05, 3.63) is 42.1 Å². The molecule has 5 heteroatoms. The molecule has 0 spiro atoms. The monoisotopic (exact) mass is 352 g/mol. The van der Waals surface area contributed by atoms with E-state index in [1.807, 2.05) is 12.3 Å². The Hall–Kier alpha value is -2.14. The molecule has 0 saturated carbocycles. The van der Waals surface area contributed by atoms with E-state index in [1.54, 1.807) is 11.3 Å². The first-order chi connectivity index (χ1) is 12.3. The van der Waals surface area contributed by atoms with E-state index in [9.17, 15) is 0 Å². The van der Waals surface area contributed by atoms with Gasteiger partial charge in [-0.25, -0.2) is 9.97 Å². The number of allylic oxidation sites excluding steroid dienone is 2. The number of pyridine rings is 1. The zero-order valence-electron chi connectivity index (χ0n) is 14.9. The highest BCUT2D eigenvalue weighted by atomic mass is 32.1. The van der Waals surface area contributed by atoms with Crippen LogP contribution in [0, 0.1) is 0 Å². The Bertz CT molecular complexity index is 888. The lowest BCUT2D eigenvalue weighted by Gasteiger charge is -2.18. The second-order valence-electron chi connectivity index (χ2n) is 6.44. The van der Waals surface area contributed by atoms with Crippen LogP contribution in [0.2, 0.25) is 0 Å². The molecule has 130 valence electrons. The first-order valence-electron chi connectivity index (χ1n) is 9.14. The number of aromatic nitrogens is 3. The predicted molar refractivity (Wildman–Crippen MR) is 106 cm³/mol. The predicted octanol–water partition coefficient (Wildman–Crippen LogP) is 5.29. The van der Waals surface area contributed by atoms with Crippen molar-refractivity contribution in [3.8, 4) is 11.3 Å². The normalized spacial score (nSPS) is 17.3. The van der Waals surface area contributed by atoms with Gasteiger partial charge in [0.05, 0.1) is 11.7 Å². The van der Waals surface area contributed by atoms with E-state index < -0.39 is 0 Å². The lowest BCUT2D eigenvalue weighted by atomic mass is 10.0. The molecule has 0 N–H and O–H groups in total. The number of nitrogens with zero attached hydrogens (tertiary/aromatic N) is 4. The number of fused-ring (bicyclic) bond motifs is 1. The Morgan fingerprint density at radius 2 is 2.20 bits per heavy atom. The maximum absolute atomic E-state index is 4.92. The maximum atomic E-state index is 4.92. The van der Waals surface area contributed by atoms with Gasteiger partial charge in [0.15, 0.2) is 5.13 Å². The van der Waals surface area contributed by atoms with Crippen molar-refractivity contribution < 1.29 is 0 Å². The molecule has 0 amide bonds. The molecule has 0 radical (unpaired) electrons. The van der Waals surface area contributed by atoms with Gasteiger partial charge in [0.25, 0.3) is 0 Å². The molecule has 1 unspecified atom stereocenters. The van der Waals surface area contributed by atoms with Crippen LogP contribution < -0.4 is 4.90 Å². The summed E-state index contributed by atoms with van der Waals surface area (Å²) in [5.74, 6) is 0. The third kappa shape index (κ3) is 2.97. The summed E-state index contributed by atoms with van der Waals surface area (Å²) in [6.07, 6.45) is 12.4. The average molecular weight is 353 g/mol. The number of thiazole rings is 1. The Morgan fingerprint density at radius 3 is 2.96 bits per heavy atom. The van der Waals surface area contributed by atoms with Crippen molar-refractivity contribution >= 4 is 27.5 Å². The highest BCUT2D eigenvalue weighted by Gasteiger charge is 2.19. The largest absolute Gasteiger partial charge is 0.349 e. The van der Waals surface area contributed by atoms with Gasteiger partial charge in [-0.2, -0.15) is 0 Å². The second kappa shape index (κ2) is 7.00. The van der Waals surface area contributed by atoms with E-state index >= 15 is 0 Å². The Labute approximate surface area is 152 Å². The van der Waals surface area contributed by atoms with Gasteiger partial charge in [-0.3, -0.25) is 0 Å². The van der Waals surface area contributed by atoms with Gasteiger partial charge in [0, 0.05) is 41.8 Å². The fourth-order valence-electron chi connectivity index (χ4n) is 3.59. The third-order valence-electron chi connectivity index (χ3n) is 4.98. The quantitative estimate of drug-likeness (QED) is 0.585. The van der Waals surface area contributed by atoms with Crippen molar-refractivity contribution in [1.29, 1.82) is 0 Å². The first kappa shape index (κ1) is 16.3. The van der Waals surface area contributed by atoms with E-state index in [0.29, 0.717) is 6.04 Å². The van der Waals surface area contributed by atoms with Gasteiger partial charge >= 0.3 is 0 Å². The summed E-state index contributed by atoms with van der Waals surface area (Å²) in [7, 11) is 0. The van der Waals surface area contributed by atoms with Crippen molar-refractivity contribution in [3.63, 3.8) is 0 Å². The van der Waals surface area contributed by atoms with Crippen molar-refractivity contribution in [2.75, 3.05) is 18.0 Å². The summed E-state index contributed by atoms with van der Waals surface area (Å²) in [5, 5.41) is 4.47. The van der Waals surface area contributed by atoms with E-state index in [2.05, 4.69) is 58.1 Å². The topological polar surface area (TPSA) is 34.0 Å². The SMILES string of the molecule is CCN(CC)c1nc(-c2cn(C3C=CCCC3)c3ncccc23)cs1. The summed E-state index contributed by atoms with van der Waals surface area (Å²) in [6.45, 7) is 6.32. The summed E-state index contributed by atoms with van der Waals surface area (Å²) >= 11 is 1.73. The van der Waals surface area contributed by atoms with Crippen molar-refractivity contribution in [1.82, 2.24) is 14.5 Å². The van der Waals surface area contributed by atoms with Gasteiger partial charge in [-0.1, -0.05) is 12.2 Å². The molecule has 3 aromatic rings. The van der Waals surface area contributed by atoms with Gasteiger partial charge in [-0.05, 0) is 45.2 Å². The molecule has 25 heavy (non-hydrogen) atoms. The third-order valence-corrected chi connectivity index (χ3v) is 5.88. The lowest BCUT2D eigenvalue weighted by molar-refractivity contribution is 0.528. The average Bonchev–Trinajstić information content (AvgIpc) is 3.28. The van der Waals surface area contributed by atoms with Crippen LogP contribution in [0.15, 0.2) is 42.1 Å². The first-order valence-corrected chi connectivity index (χ1v) is 10.0. The molecule has 1 aliphatic rings. The second-order valence-corrected chi connectivity index (χ2v) is 7.28. The lowest BCUT2D eigenvalue weighted by Crippen LogP contribution is -2.21. The molecular weight excluding hydrogens is 328 g/mol. The Morgan fingerprint density at radius 1 is 1.32 bits per heavy atom. The molecule has 4 rings (SSSR count). The maximum Gasteiger partial charge on any atom is 0.185 e. The number of hydrogen-bond donors (Lipinski definition) is 0. The molecule has 0 bridgehead atoms. The fraction of sp³-hybridized carbons (Fsp3) is 0.400. The van der Waals surface area contributed by atoms with Crippen LogP contribution in [0.4, 0.5) is 5.13 Å². The summed E-state index contributed by atoms with van der Waals surface area (Å²) in [5.41, 5.74) is 3.31. The van der Waals surface area contributed by atoms with E-state index in [1.165, 1.54) is 30.2 Å². The van der Waals surface area contributed by atoms with Gasteiger partial charge < -0.3 is 9.47 Å². The molecule has 0 saturated heterocycles. The minimum atomic E-state index is 0.404. The molecular formula is C20H24N4S. The van der Waals surface area contributed by atoms with Gasteiger partial charge in [-0.15, -0.1) is 11.3 Å². The van der Waals surface area contributed by atoms with E-state index in [0.717, 1.165) is 29.6 Å². The van der Waals surface area contributed by atoms with Gasteiger partial charge in [0.2, 0.25) is 0 Å². The molecule has 4 nitrogen and oxygen atoms in total. The van der Waals surface area contributed by atoms with Gasteiger partial charge in [0.1, 0.15) is 5.65 Å². The zero-order valence-corrected chi connectivity index (χ0v) is 15.7. The Kier molecular flexibility index (Phi) is 4.57. The Balaban J connectivity index is 1.80. The highest BCUT2D eigenvalue weighted by molar-refractivity contribution is 7.14. The van der Waals surface area contributed by atoms with E-state index in [-0.39, 0.29) is 0 Å². The van der Waals surface area contributed by atoms with Crippen molar-refractivity contribution in [2.45, 2.75) is 39.2 Å². The fourth-order valence-corrected chi connectivity index (χ4v) is 4.55. The van der Waals surface area contributed by atoms with Crippen LogP contribution in [0.1, 0.15) is 39.2 Å². The minimum Gasteiger partial charge on any atom is -0.349 e. The summed E-state index contributed by atoms with van der Waals surface area (Å²) in [4.78, 5) is 11.9. The molecule has 1 aliphatic carbocycles. The number of rotatable bonds is 5. The number of hydrogen-bond acceptors (Lipinski definition) is 4. The molecule has 0 fully saturated rings. The summed E-state index contributed by atoms with van der Waals surface area (Å²) in [6, 6.07) is 4.59. The molecule has 1 atom stereocenters. The van der Waals surface area contributed by atoms with E-state index in [4.69, 9.17) is 4.98 Å².